The lowest BCUT2D eigenvalue weighted by molar-refractivity contribution is -0.109. The third-order valence-corrected chi connectivity index (χ3v) is 5.90. The van der Waals surface area contributed by atoms with Crippen LogP contribution in [0.1, 0.15) is 39.0 Å². The monoisotopic (exact) mass is 406 g/mol. The Bertz CT molecular complexity index is 603. The van der Waals surface area contributed by atoms with Gasteiger partial charge in [0.15, 0.2) is 5.12 Å². The summed E-state index contributed by atoms with van der Waals surface area (Å²) in [6, 6.07) is 3.05. The lowest BCUT2D eigenvalue weighted by Gasteiger charge is -2.29. The van der Waals surface area contributed by atoms with Gasteiger partial charge >= 0.3 is 6.03 Å². The van der Waals surface area contributed by atoms with E-state index in [1.165, 1.54) is 30.2 Å². The van der Waals surface area contributed by atoms with E-state index in [2.05, 4.69) is 40.2 Å². The molecule has 0 aromatic heterocycles. The first-order valence-corrected chi connectivity index (χ1v) is 11.3. The van der Waals surface area contributed by atoms with Crippen LogP contribution in [0.5, 0.6) is 0 Å². The molecule has 0 aromatic carbocycles. The molecule has 28 heavy (non-hydrogen) atoms. The predicted octanol–water partition coefficient (Wildman–Crippen LogP) is 2.38. The van der Waals surface area contributed by atoms with Crippen molar-refractivity contribution in [2.45, 2.75) is 39.0 Å². The summed E-state index contributed by atoms with van der Waals surface area (Å²) in [4.78, 5) is 30.0. The number of thioether (sulfide) groups is 1. The van der Waals surface area contributed by atoms with E-state index in [0.29, 0.717) is 25.4 Å². The van der Waals surface area contributed by atoms with Crippen LogP contribution in [0.3, 0.4) is 0 Å². The van der Waals surface area contributed by atoms with Gasteiger partial charge in [0.1, 0.15) is 0 Å². The van der Waals surface area contributed by atoms with Crippen molar-refractivity contribution in [1.29, 1.82) is 0 Å². The zero-order valence-electron chi connectivity index (χ0n) is 17.3. The van der Waals surface area contributed by atoms with Crippen molar-refractivity contribution in [3.05, 3.63) is 11.6 Å². The molecule has 7 heteroatoms. The molecule has 2 aliphatic rings. The SMILES string of the molecule is CC(=O)SCCN(CCC1=CCCCC1)C(=O)NCC#CN1CCN(C)CC1. The Balaban J connectivity index is 1.77. The highest BCUT2D eigenvalue weighted by Gasteiger charge is 2.15. The highest BCUT2D eigenvalue weighted by molar-refractivity contribution is 8.13. The molecule has 0 atom stereocenters. The van der Waals surface area contributed by atoms with Gasteiger partial charge in [-0.3, -0.25) is 4.79 Å². The summed E-state index contributed by atoms with van der Waals surface area (Å²) in [5, 5.41) is 3.01. The van der Waals surface area contributed by atoms with E-state index >= 15 is 0 Å². The van der Waals surface area contributed by atoms with Crippen LogP contribution < -0.4 is 5.32 Å². The third-order valence-electron chi connectivity index (χ3n) is 5.11. The molecule has 0 aromatic rings. The van der Waals surface area contributed by atoms with Crippen molar-refractivity contribution >= 4 is 22.9 Å². The molecule has 1 saturated heterocycles. The highest BCUT2D eigenvalue weighted by atomic mass is 32.2. The number of hydrogen-bond donors (Lipinski definition) is 1. The molecule has 1 aliphatic heterocycles. The number of piperazine rings is 1. The first kappa shape index (κ1) is 22.6. The number of likely N-dealkylation sites (N-methyl/N-ethyl adjacent to an activating group) is 1. The van der Waals surface area contributed by atoms with Crippen LogP contribution in [0.4, 0.5) is 4.79 Å². The lowest BCUT2D eigenvalue weighted by Crippen LogP contribution is -2.43. The van der Waals surface area contributed by atoms with E-state index in [9.17, 15) is 9.59 Å². The molecule has 0 spiro atoms. The van der Waals surface area contributed by atoms with Gasteiger partial charge in [-0.2, -0.15) is 0 Å². The normalized spacial score (nSPS) is 17.4. The fraction of sp³-hybridized carbons (Fsp3) is 0.714. The molecule has 1 aliphatic carbocycles. The van der Waals surface area contributed by atoms with E-state index < -0.39 is 0 Å². The largest absolute Gasteiger partial charge is 0.330 e. The van der Waals surface area contributed by atoms with Gasteiger partial charge in [-0.15, -0.1) is 0 Å². The van der Waals surface area contributed by atoms with Crippen LogP contribution in [0.25, 0.3) is 0 Å². The van der Waals surface area contributed by atoms with E-state index in [1.54, 1.807) is 6.92 Å². The zero-order chi connectivity index (χ0) is 20.2. The fourth-order valence-electron chi connectivity index (χ4n) is 3.33. The van der Waals surface area contributed by atoms with Crippen molar-refractivity contribution in [2.24, 2.45) is 0 Å². The molecule has 0 radical (unpaired) electrons. The Morgan fingerprint density at radius 2 is 2.00 bits per heavy atom. The predicted molar refractivity (Wildman–Crippen MR) is 116 cm³/mol. The van der Waals surface area contributed by atoms with Crippen LogP contribution in [0.2, 0.25) is 0 Å². The van der Waals surface area contributed by atoms with Gasteiger partial charge in [-0.05, 0) is 39.2 Å². The first-order chi connectivity index (χ1) is 13.5. The fourth-order valence-corrected chi connectivity index (χ4v) is 3.93. The number of allylic oxidation sites excluding steroid dienone is 1. The molecule has 156 valence electrons. The number of rotatable bonds is 7. The highest BCUT2D eigenvalue weighted by Crippen LogP contribution is 2.20. The van der Waals surface area contributed by atoms with E-state index in [-0.39, 0.29) is 11.1 Å². The molecular formula is C21H34N4O2S. The second-order valence-corrected chi connectivity index (χ2v) is 8.69. The van der Waals surface area contributed by atoms with Crippen molar-refractivity contribution in [1.82, 2.24) is 20.0 Å². The Hall–Kier alpha value is -1.65. The summed E-state index contributed by atoms with van der Waals surface area (Å²) in [6.45, 7) is 7.14. The lowest BCUT2D eigenvalue weighted by atomic mass is 9.97. The van der Waals surface area contributed by atoms with Crippen LogP contribution >= 0.6 is 11.8 Å². The molecule has 2 amide bonds. The van der Waals surface area contributed by atoms with Gasteiger partial charge in [0.2, 0.25) is 0 Å². The minimum absolute atomic E-state index is 0.0896. The number of hydrogen-bond acceptors (Lipinski definition) is 5. The van der Waals surface area contributed by atoms with Crippen molar-refractivity contribution in [3.8, 4) is 12.0 Å². The molecule has 2 rings (SSSR count). The van der Waals surface area contributed by atoms with Gasteiger partial charge in [0.05, 0.1) is 6.54 Å². The van der Waals surface area contributed by atoms with Gasteiger partial charge in [0, 0.05) is 58.0 Å². The number of carbonyl (C=O) groups is 2. The van der Waals surface area contributed by atoms with Crippen LogP contribution in [-0.4, -0.2) is 84.5 Å². The number of carbonyl (C=O) groups excluding carboxylic acids is 2. The molecule has 0 saturated carbocycles. The second kappa shape index (κ2) is 12.7. The van der Waals surface area contributed by atoms with Gasteiger partial charge in [-0.1, -0.05) is 29.3 Å². The molecule has 1 N–H and O–H groups in total. The topological polar surface area (TPSA) is 55.9 Å². The smallest absolute Gasteiger partial charge is 0.318 e. The van der Waals surface area contributed by atoms with Crippen LogP contribution in [-0.2, 0) is 4.79 Å². The number of urea groups is 1. The molecular weight excluding hydrogens is 372 g/mol. The standard InChI is InChI=1S/C21H34N4O2S/c1-19(26)28-18-17-25(12-9-20-7-4-3-5-8-20)21(27)22-10-6-11-24-15-13-23(2)14-16-24/h7H,3-5,8-10,12-18H2,1-2H3,(H,22,27). The summed E-state index contributed by atoms with van der Waals surface area (Å²) in [5.41, 5.74) is 1.46. The number of amides is 2. The number of nitrogens with zero attached hydrogens (tertiary/aromatic N) is 3. The summed E-state index contributed by atoms with van der Waals surface area (Å²) in [5.74, 6) is 3.70. The van der Waals surface area contributed by atoms with Gasteiger partial charge < -0.3 is 20.0 Å². The minimum atomic E-state index is -0.0896. The van der Waals surface area contributed by atoms with Crippen molar-refractivity contribution in [2.75, 3.05) is 58.6 Å². The van der Waals surface area contributed by atoms with Crippen LogP contribution in [0, 0.1) is 12.0 Å². The summed E-state index contributed by atoms with van der Waals surface area (Å²) >= 11 is 1.27. The number of nitrogens with one attached hydrogen (secondary N) is 1. The van der Waals surface area contributed by atoms with Crippen molar-refractivity contribution in [3.63, 3.8) is 0 Å². The van der Waals surface area contributed by atoms with E-state index in [4.69, 9.17) is 0 Å². The Labute approximate surface area is 174 Å². The molecule has 0 unspecified atom stereocenters. The van der Waals surface area contributed by atoms with E-state index in [0.717, 1.165) is 45.4 Å². The summed E-state index contributed by atoms with van der Waals surface area (Å²) in [7, 11) is 2.12. The second-order valence-electron chi connectivity index (χ2n) is 7.42. The first-order valence-electron chi connectivity index (χ1n) is 10.3. The van der Waals surface area contributed by atoms with Crippen LogP contribution in [0.15, 0.2) is 11.6 Å². The Kier molecular flexibility index (Phi) is 10.3. The maximum Gasteiger partial charge on any atom is 0.318 e. The quantitative estimate of drug-likeness (QED) is 0.520. The Morgan fingerprint density at radius 1 is 1.21 bits per heavy atom. The van der Waals surface area contributed by atoms with Gasteiger partial charge in [0.25, 0.3) is 0 Å². The molecule has 1 fully saturated rings. The minimum Gasteiger partial charge on any atom is -0.330 e. The average molecular weight is 407 g/mol. The summed E-state index contributed by atoms with van der Waals surface area (Å²) < 4.78 is 0. The molecule has 6 nitrogen and oxygen atoms in total. The maximum absolute atomic E-state index is 12.6. The zero-order valence-corrected chi connectivity index (χ0v) is 18.2. The third kappa shape index (κ3) is 9.03. The average Bonchev–Trinajstić information content (AvgIpc) is 2.69. The van der Waals surface area contributed by atoms with E-state index in [1.807, 2.05) is 4.90 Å². The molecule has 0 bridgehead atoms. The summed E-state index contributed by atoms with van der Waals surface area (Å²) in [6.07, 6.45) is 8.07. The Morgan fingerprint density at radius 3 is 2.68 bits per heavy atom. The van der Waals surface area contributed by atoms with Crippen molar-refractivity contribution < 1.29 is 9.59 Å². The maximum atomic E-state index is 12.6. The van der Waals surface area contributed by atoms with Gasteiger partial charge in [-0.25, -0.2) is 4.79 Å². The molecule has 1 heterocycles.